The topological polar surface area (TPSA) is 39.7 Å². The maximum absolute atomic E-state index is 6.09. The van der Waals surface area contributed by atoms with Crippen LogP contribution in [-0.4, -0.2) is 21.3 Å². The molecule has 0 saturated carbocycles. The van der Waals surface area contributed by atoms with Crippen LogP contribution in [-0.2, 0) is 0 Å². The zero-order valence-electron chi connectivity index (χ0n) is 12.8. The van der Waals surface area contributed by atoms with Crippen molar-refractivity contribution >= 4 is 0 Å². The summed E-state index contributed by atoms with van der Waals surface area (Å²) in [6, 6.07) is 13.7. The highest BCUT2D eigenvalue weighted by molar-refractivity contribution is 5.54. The third kappa shape index (κ3) is 3.28. The van der Waals surface area contributed by atoms with Crippen molar-refractivity contribution in [2.45, 2.75) is 13.0 Å². The van der Waals surface area contributed by atoms with Crippen molar-refractivity contribution in [2.24, 2.45) is 0 Å². The predicted octanol–water partition coefficient (Wildman–Crippen LogP) is 3.78. The van der Waals surface area contributed by atoms with E-state index in [1.807, 2.05) is 49.5 Å². The maximum atomic E-state index is 6.09. The fourth-order valence-electron chi connectivity index (χ4n) is 2.11. The lowest BCUT2D eigenvalue weighted by atomic mass is 10.1. The number of hydrogen-bond acceptors (Lipinski definition) is 4. The SMILES string of the molecule is CNC(C)c1ccccc1Oc1c(OC)cccc1OC. The van der Waals surface area contributed by atoms with Gasteiger partial charge in [0.1, 0.15) is 5.75 Å². The second kappa shape index (κ2) is 6.99. The molecule has 0 saturated heterocycles. The quantitative estimate of drug-likeness (QED) is 0.877. The largest absolute Gasteiger partial charge is 0.493 e. The van der Waals surface area contributed by atoms with Gasteiger partial charge in [-0.1, -0.05) is 24.3 Å². The van der Waals surface area contributed by atoms with E-state index in [9.17, 15) is 0 Å². The van der Waals surface area contributed by atoms with Gasteiger partial charge in [0.25, 0.3) is 0 Å². The van der Waals surface area contributed by atoms with Crippen LogP contribution in [0.15, 0.2) is 42.5 Å². The summed E-state index contributed by atoms with van der Waals surface area (Å²) >= 11 is 0. The first-order chi connectivity index (χ1) is 10.2. The van der Waals surface area contributed by atoms with Crippen LogP contribution in [0.4, 0.5) is 0 Å². The molecule has 1 atom stereocenters. The molecule has 21 heavy (non-hydrogen) atoms. The van der Waals surface area contributed by atoms with Gasteiger partial charge in [-0.2, -0.15) is 0 Å². The fourth-order valence-corrected chi connectivity index (χ4v) is 2.11. The van der Waals surface area contributed by atoms with Gasteiger partial charge in [0.15, 0.2) is 11.5 Å². The average Bonchev–Trinajstić information content (AvgIpc) is 2.54. The summed E-state index contributed by atoms with van der Waals surface area (Å²) in [5.41, 5.74) is 1.08. The Labute approximate surface area is 125 Å². The highest BCUT2D eigenvalue weighted by Crippen LogP contribution is 2.41. The smallest absolute Gasteiger partial charge is 0.211 e. The van der Waals surface area contributed by atoms with Crippen molar-refractivity contribution in [3.05, 3.63) is 48.0 Å². The fraction of sp³-hybridized carbons (Fsp3) is 0.294. The molecule has 0 aliphatic heterocycles. The Kier molecular flexibility index (Phi) is 5.06. The van der Waals surface area contributed by atoms with E-state index in [0.29, 0.717) is 17.2 Å². The van der Waals surface area contributed by atoms with Crippen molar-refractivity contribution in [1.29, 1.82) is 0 Å². The standard InChI is InChI=1S/C17H21NO3/c1-12(18-2)13-8-5-6-9-14(13)21-17-15(19-3)10-7-11-16(17)20-4/h5-12,18H,1-4H3. The number of rotatable bonds is 6. The van der Waals surface area contributed by atoms with Crippen molar-refractivity contribution in [3.63, 3.8) is 0 Å². The zero-order valence-corrected chi connectivity index (χ0v) is 12.8. The summed E-state index contributed by atoms with van der Waals surface area (Å²) < 4.78 is 16.8. The Hall–Kier alpha value is -2.20. The summed E-state index contributed by atoms with van der Waals surface area (Å²) in [5, 5.41) is 3.22. The van der Waals surface area contributed by atoms with Gasteiger partial charge in [0.2, 0.25) is 5.75 Å². The Morgan fingerprint density at radius 2 is 1.43 bits per heavy atom. The number of nitrogens with one attached hydrogen (secondary N) is 1. The van der Waals surface area contributed by atoms with E-state index in [1.165, 1.54) is 0 Å². The van der Waals surface area contributed by atoms with Crippen LogP contribution >= 0.6 is 0 Å². The van der Waals surface area contributed by atoms with Crippen LogP contribution < -0.4 is 19.5 Å². The summed E-state index contributed by atoms with van der Waals surface area (Å²) in [6.07, 6.45) is 0. The monoisotopic (exact) mass is 287 g/mol. The van der Waals surface area contributed by atoms with Crippen molar-refractivity contribution in [2.75, 3.05) is 21.3 Å². The van der Waals surface area contributed by atoms with Gasteiger partial charge in [0, 0.05) is 11.6 Å². The van der Waals surface area contributed by atoms with Gasteiger partial charge < -0.3 is 19.5 Å². The lowest BCUT2D eigenvalue weighted by Gasteiger charge is -2.18. The minimum absolute atomic E-state index is 0.182. The molecule has 0 aromatic heterocycles. The number of ether oxygens (including phenoxy) is 3. The molecule has 0 aliphatic carbocycles. The molecule has 0 aliphatic rings. The second-order valence-corrected chi connectivity index (χ2v) is 4.64. The molecular formula is C17H21NO3. The van der Waals surface area contributed by atoms with Gasteiger partial charge in [-0.3, -0.25) is 0 Å². The Balaban J connectivity index is 2.43. The van der Waals surface area contributed by atoms with Gasteiger partial charge in [-0.15, -0.1) is 0 Å². The Morgan fingerprint density at radius 1 is 0.857 bits per heavy atom. The minimum atomic E-state index is 0.182. The molecule has 2 rings (SSSR count). The molecule has 2 aromatic rings. The molecule has 0 fully saturated rings. The molecule has 112 valence electrons. The van der Waals surface area contributed by atoms with E-state index in [1.54, 1.807) is 14.2 Å². The summed E-state index contributed by atoms with van der Waals surface area (Å²) in [7, 11) is 5.15. The maximum Gasteiger partial charge on any atom is 0.211 e. The molecule has 4 heteroatoms. The first-order valence-electron chi connectivity index (χ1n) is 6.86. The molecule has 0 bridgehead atoms. The molecule has 0 heterocycles. The lowest BCUT2D eigenvalue weighted by Crippen LogP contribution is -2.13. The zero-order chi connectivity index (χ0) is 15.2. The molecule has 0 amide bonds. The van der Waals surface area contributed by atoms with Gasteiger partial charge in [-0.25, -0.2) is 0 Å². The van der Waals surface area contributed by atoms with Crippen molar-refractivity contribution < 1.29 is 14.2 Å². The summed E-state index contributed by atoms with van der Waals surface area (Å²) in [5.74, 6) is 2.64. The average molecular weight is 287 g/mol. The first kappa shape index (κ1) is 15.2. The van der Waals surface area contributed by atoms with E-state index in [4.69, 9.17) is 14.2 Å². The Morgan fingerprint density at radius 3 is 2.00 bits per heavy atom. The van der Waals surface area contributed by atoms with Gasteiger partial charge in [-0.05, 0) is 32.2 Å². The minimum Gasteiger partial charge on any atom is -0.493 e. The number of para-hydroxylation sites is 2. The van der Waals surface area contributed by atoms with Crippen LogP contribution in [0.5, 0.6) is 23.0 Å². The predicted molar refractivity (Wildman–Crippen MR) is 83.5 cm³/mol. The highest BCUT2D eigenvalue weighted by Gasteiger charge is 2.16. The van der Waals surface area contributed by atoms with Gasteiger partial charge >= 0.3 is 0 Å². The van der Waals surface area contributed by atoms with Crippen LogP contribution in [0.3, 0.4) is 0 Å². The summed E-state index contributed by atoms with van der Waals surface area (Å²) in [6.45, 7) is 2.08. The molecule has 0 spiro atoms. The molecule has 1 unspecified atom stereocenters. The Bertz CT molecular complexity index is 576. The first-order valence-corrected chi connectivity index (χ1v) is 6.86. The molecular weight excluding hydrogens is 266 g/mol. The van der Waals surface area contributed by atoms with Crippen LogP contribution in [0.25, 0.3) is 0 Å². The van der Waals surface area contributed by atoms with E-state index in [0.717, 1.165) is 11.3 Å². The highest BCUT2D eigenvalue weighted by atomic mass is 16.5. The summed E-state index contributed by atoms with van der Waals surface area (Å²) in [4.78, 5) is 0. The molecule has 1 N–H and O–H groups in total. The van der Waals surface area contributed by atoms with E-state index < -0.39 is 0 Å². The lowest BCUT2D eigenvalue weighted by molar-refractivity contribution is 0.344. The number of methoxy groups -OCH3 is 2. The van der Waals surface area contributed by atoms with Crippen molar-refractivity contribution in [3.8, 4) is 23.0 Å². The molecule has 4 nitrogen and oxygen atoms in total. The molecule has 2 aromatic carbocycles. The third-order valence-corrected chi connectivity index (χ3v) is 3.41. The third-order valence-electron chi connectivity index (χ3n) is 3.41. The van der Waals surface area contributed by atoms with E-state index >= 15 is 0 Å². The van der Waals surface area contributed by atoms with E-state index in [-0.39, 0.29) is 6.04 Å². The number of hydrogen-bond donors (Lipinski definition) is 1. The van der Waals surface area contributed by atoms with E-state index in [2.05, 4.69) is 12.2 Å². The van der Waals surface area contributed by atoms with Crippen LogP contribution in [0, 0.1) is 0 Å². The normalized spacial score (nSPS) is 11.8. The van der Waals surface area contributed by atoms with Crippen molar-refractivity contribution in [1.82, 2.24) is 5.32 Å². The molecule has 0 radical (unpaired) electrons. The van der Waals surface area contributed by atoms with Crippen LogP contribution in [0.1, 0.15) is 18.5 Å². The van der Waals surface area contributed by atoms with Crippen LogP contribution in [0.2, 0.25) is 0 Å². The number of benzene rings is 2. The second-order valence-electron chi connectivity index (χ2n) is 4.64. The van der Waals surface area contributed by atoms with Gasteiger partial charge in [0.05, 0.1) is 14.2 Å².